The van der Waals surface area contributed by atoms with Gasteiger partial charge in [0.2, 0.25) is 0 Å². The third-order valence-corrected chi connectivity index (χ3v) is 4.06. The number of carbonyl (C=O) groups excluding carboxylic acids is 2. The second-order valence-corrected chi connectivity index (χ2v) is 6.15. The van der Waals surface area contributed by atoms with Crippen LogP contribution in [-0.4, -0.2) is 16.7 Å². The van der Waals surface area contributed by atoms with Crippen LogP contribution in [0.25, 0.3) is 0 Å². The lowest BCUT2D eigenvalue weighted by molar-refractivity contribution is -0.384. The zero-order valence-electron chi connectivity index (χ0n) is 15.1. The van der Waals surface area contributed by atoms with Crippen LogP contribution in [-0.2, 0) is 6.54 Å². The Morgan fingerprint density at radius 3 is 2.34 bits per heavy atom. The Bertz CT molecular complexity index is 1070. The Balaban J connectivity index is 1.63. The molecule has 0 aliphatic rings. The lowest BCUT2D eigenvalue weighted by Crippen LogP contribution is -2.23. The van der Waals surface area contributed by atoms with Gasteiger partial charge < -0.3 is 10.6 Å². The number of halogens is 1. The number of nitrogens with one attached hydrogen (secondary N) is 2. The van der Waals surface area contributed by atoms with Gasteiger partial charge in [0, 0.05) is 35.5 Å². The molecule has 8 heteroatoms. The second-order valence-electron chi connectivity index (χ2n) is 6.15. The molecular formula is C21H16FN3O4. The molecule has 0 bridgehead atoms. The predicted octanol–water partition coefficient (Wildman–Crippen LogP) is 3.92. The van der Waals surface area contributed by atoms with Crippen LogP contribution < -0.4 is 10.6 Å². The molecule has 3 aromatic rings. The Morgan fingerprint density at radius 1 is 0.897 bits per heavy atom. The summed E-state index contributed by atoms with van der Waals surface area (Å²) in [6.45, 7) is 0.168. The van der Waals surface area contributed by atoms with Gasteiger partial charge in [-0.25, -0.2) is 4.39 Å². The first-order valence-electron chi connectivity index (χ1n) is 8.61. The van der Waals surface area contributed by atoms with Crippen molar-refractivity contribution in [2.24, 2.45) is 0 Å². The van der Waals surface area contributed by atoms with E-state index in [0.717, 1.165) is 5.56 Å². The van der Waals surface area contributed by atoms with Crippen molar-refractivity contribution < 1.29 is 18.9 Å². The number of non-ortho nitro benzene ring substituents is 1. The van der Waals surface area contributed by atoms with Crippen molar-refractivity contribution in [3.63, 3.8) is 0 Å². The largest absolute Gasteiger partial charge is 0.348 e. The molecule has 0 spiro atoms. The summed E-state index contributed by atoms with van der Waals surface area (Å²) in [5.41, 5.74) is 1.57. The van der Waals surface area contributed by atoms with E-state index in [9.17, 15) is 24.1 Å². The predicted molar refractivity (Wildman–Crippen MR) is 105 cm³/mol. The molecule has 0 saturated heterocycles. The molecule has 0 saturated carbocycles. The minimum Gasteiger partial charge on any atom is -0.348 e. The van der Waals surface area contributed by atoms with Crippen LogP contribution in [0.15, 0.2) is 72.8 Å². The third kappa shape index (κ3) is 5.23. The molecule has 3 rings (SSSR count). The average molecular weight is 393 g/mol. The van der Waals surface area contributed by atoms with Gasteiger partial charge in [-0.05, 0) is 48.0 Å². The molecule has 7 nitrogen and oxygen atoms in total. The molecule has 2 N–H and O–H groups in total. The first-order chi connectivity index (χ1) is 13.9. The number of hydrogen-bond acceptors (Lipinski definition) is 4. The summed E-state index contributed by atoms with van der Waals surface area (Å²) in [4.78, 5) is 34.7. The fourth-order valence-corrected chi connectivity index (χ4v) is 2.61. The van der Waals surface area contributed by atoms with E-state index >= 15 is 0 Å². The van der Waals surface area contributed by atoms with E-state index in [4.69, 9.17) is 0 Å². The van der Waals surface area contributed by atoms with Crippen LogP contribution in [0.5, 0.6) is 0 Å². The molecule has 2 amide bonds. The van der Waals surface area contributed by atoms with Gasteiger partial charge in [-0.2, -0.15) is 0 Å². The van der Waals surface area contributed by atoms with E-state index < -0.39 is 16.6 Å². The summed E-state index contributed by atoms with van der Waals surface area (Å²) in [7, 11) is 0. The van der Waals surface area contributed by atoms with Gasteiger partial charge in [-0.15, -0.1) is 0 Å². The number of nitrogens with zero attached hydrogens (tertiary/aromatic N) is 1. The molecule has 146 valence electrons. The summed E-state index contributed by atoms with van der Waals surface area (Å²) in [5.74, 6) is -1.26. The molecule has 3 aromatic carbocycles. The zero-order valence-corrected chi connectivity index (χ0v) is 15.1. The van der Waals surface area contributed by atoms with E-state index in [1.165, 1.54) is 48.5 Å². The summed E-state index contributed by atoms with van der Waals surface area (Å²) in [6, 6.07) is 17.5. The molecule has 0 radical (unpaired) electrons. The highest BCUT2D eigenvalue weighted by Crippen LogP contribution is 2.15. The Labute approximate surface area is 165 Å². The number of carbonyl (C=O) groups is 2. The maximum absolute atomic E-state index is 13.0. The van der Waals surface area contributed by atoms with E-state index in [1.807, 2.05) is 0 Å². The monoisotopic (exact) mass is 393 g/mol. The van der Waals surface area contributed by atoms with Gasteiger partial charge in [0.1, 0.15) is 5.82 Å². The third-order valence-electron chi connectivity index (χ3n) is 4.06. The van der Waals surface area contributed by atoms with Gasteiger partial charge in [0.05, 0.1) is 4.92 Å². The van der Waals surface area contributed by atoms with Crippen molar-refractivity contribution in [2.45, 2.75) is 6.54 Å². The summed E-state index contributed by atoms with van der Waals surface area (Å²) >= 11 is 0. The van der Waals surface area contributed by atoms with Crippen molar-refractivity contribution in [2.75, 3.05) is 5.32 Å². The molecule has 0 heterocycles. The van der Waals surface area contributed by atoms with Gasteiger partial charge in [0.15, 0.2) is 0 Å². The highest BCUT2D eigenvalue weighted by atomic mass is 19.1. The van der Waals surface area contributed by atoms with E-state index in [1.54, 1.807) is 24.3 Å². The topological polar surface area (TPSA) is 101 Å². The van der Waals surface area contributed by atoms with Crippen molar-refractivity contribution in [3.05, 3.63) is 105 Å². The van der Waals surface area contributed by atoms with Gasteiger partial charge in [-0.1, -0.05) is 18.2 Å². The van der Waals surface area contributed by atoms with Gasteiger partial charge >= 0.3 is 0 Å². The van der Waals surface area contributed by atoms with Crippen LogP contribution in [0.2, 0.25) is 0 Å². The minimum atomic E-state index is -0.565. The SMILES string of the molecule is O=C(NCc1cccc(NC(=O)c2ccc(F)cc2)c1)c1cccc([N+](=O)[O-])c1. The molecule has 0 fully saturated rings. The standard InChI is InChI=1S/C21H16FN3O4/c22-17-9-7-15(8-10-17)21(27)24-18-5-1-3-14(11-18)13-23-20(26)16-4-2-6-19(12-16)25(28)29/h1-12H,13H2,(H,23,26)(H,24,27). The Kier molecular flexibility index (Phi) is 5.94. The van der Waals surface area contributed by atoms with E-state index in [-0.39, 0.29) is 23.7 Å². The number of nitro groups is 1. The maximum Gasteiger partial charge on any atom is 0.270 e. The van der Waals surface area contributed by atoms with Crippen molar-refractivity contribution >= 4 is 23.2 Å². The van der Waals surface area contributed by atoms with E-state index in [0.29, 0.717) is 11.3 Å². The fraction of sp³-hybridized carbons (Fsp3) is 0.0476. The number of amides is 2. The van der Waals surface area contributed by atoms with Crippen molar-refractivity contribution in [1.29, 1.82) is 0 Å². The van der Waals surface area contributed by atoms with Gasteiger partial charge in [-0.3, -0.25) is 19.7 Å². The van der Waals surface area contributed by atoms with Crippen LogP contribution >= 0.6 is 0 Å². The van der Waals surface area contributed by atoms with Crippen LogP contribution in [0.4, 0.5) is 15.8 Å². The van der Waals surface area contributed by atoms with Crippen LogP contribution in [0, 0.1) is 15.9 Å². The van der Waals surface area contributed by atoms with Crippen molar-refractivity contribution in [1.82, 2.24) is 5.32 Å². The lowest BCUT2D eigenvalue weighted by atomic mass is 10.1. The summed E-state index contributed by atoms with van der Waals surface area (Å²) in [5, 5.41) is 16.2. The normalized spacial score (nSPS) is 10.2. The second kappa shape index (κ2) is 8.75. The van der Waals surface area contributed by atoms with Crippen LogP contribution in [0.3, 0.4) is 0 Å². The zero-order chi connectivity index (χ0) is 20.8. The Hall–Kier alpha value is -4.07. The molecule has 0 aliphatic carbocycles. The first-order valence-corrected chi connectivity index (χ1v) is 8.61. The number of nitro benzene ring substituents is 1. The minimum absolute atomic E-state index is 0.164. The Morgan fingerprint density at radius 2 is 1.62 bits per heavy atom. The fourth-order valence-electron chi connectivity index (χ4n) is 2.61. The molecule has 29 heavy (non-hydrogen) atoms. The number of anilines is 1. The number of rotatable bonds is 6. The first kappa shape index (κ1) is 19.7. The summed E-state index contributed by atoms with van der Waals surface area (Å²) < 4.78 is 13.0. The number of hydrogen-bond donors (Lipinski definition) is 2. The smallest absolute Gasteiger partial charge is 0.270 e. The molecule has 0 aromatic heterocycles. The van der Waals surface area contributed by atoms with Crippen molar-refractivity contribution in [3.8, 4) is 0 Å². The average Bonchev–Trinajstić information content (AvgIpc) is 2.73. The molecule has 0 unspecified atom stereocenters. The lowest BCUT2D eigenvalue weighted by Gasteiger charge is -2.09. The molecule has 0 aliphatic heterocycles. The highest BCUT2D eigenvalue weighted by molar-refractivity contribution is 6.04. The molecular weight excluding hydrogens is 377 g/mol. The number of benzene rings is 3. The quantitative estimate of drug-likeness (QED) is 0.490. The van der Waals surface area contributed by atoms with Gasteiger partial charge in [0.25, 0.3) is 17.5 Å². The molecule has 0 atom stereocenters. The van der Waals surface area contributed by atoms with Crippen LogP contribution in [0.1, 0.15) is 26.3 Å². The highest BCUT2D eigenvalue weighted by Gasteiger charge is 2.11. The summed E-state index contributed by atoms with van der Waals surface area (Å²) in [6.07, 6.45) is 0. The maximum atomic E-state index is 13.0. The van der Waals surface area contributed by atoms with E-state index in [2.05, 4.69) is 10.6 Å².